The molecule has 1 unspecified atom stereocenters. The summed E-state index contributed by atoms with van der Waals surface area (Å²) in [4.78, 5) is 10.5. The Hall–Kier alpha value is -1.59. The summed E-state index contributed by atoms with van der Waals surface area (Å²) >= 11 is 0. The minimum atomic E-state index is 0.279. The zero-order valence-corrected chi connectivity index (χ0v) is 12.1. The molecule has 2 heterocycles. The number of benzene rings is 1. The second kappa shape index (κ2) is 5.81. The van der Waals surface area contributed by atoms with Gasteiger partial charge < -0.3 is 14.5 Å². The molecule has 1 saturated heterocycles. The fraction of sp³-hybridized carbons (Fsp3) is 0.533. The lowest BCUT2D eigenvalue weighted by Crippen LogP contribution is -2.38. The summed E-state index contributed by atoms with van der Waals surface area (Å²) < 4.78 is 10.9. The molecule has 5 heteroatoms. The maximum absolute atomic E-state index is 5.53. The van der Waals surface area contributed by atoms with E-state index in [-0.39, 0.29) is 6.04 Å². The van der Waals surface area contributed by atoms with E-state index in [1.807, 2.05) is 25.1 Å². The standard InChI is InChI=1S/C15H21N3O2/c1-3-20-12-4-5-13-14(10-12)17-15(16-13)11(2)18-6-8-19-9-7-18/h4-5,10-11H,3,6-9H2,1-2H3,(H,16,17). The molecule has 1 aromatic heterocycles. The van der Waals surface area contributed by atoms with E-state index in [1.165, 1.54) is 0 Å². The Morgan fingerprint density at radius 2 is 2.20 bits per heavy atom. The predicted octanol–water partition coefficient (Wildman–Crippen LogP) is 2.35. The predicted molar refractivity (Wildman–Crippen MR) is 78.1 cm³/mol. The largest absolute Gasteiger partial charge is 0.494 e. The van der Waals surface area contributed by atoms with Crippen molar-refractivity contribution in [2.75, 3.05) is 32.9 Å². The summed E-state index contributed by atoms with van der Waals surface area (Å²) in [5.41, 5.74) is 2.02. The van der Waals surface area contributed by atoms with Crippen molar-refractivity contribution in [1.82, 2.24) is 14.9 Å². The average molecular weight is 275 g/mol. The number of nitrogens with zero attached hydrogens (tertiary/aromatic N) is 2. The van der Waals surface area contributed by atoms with Crippen LogP contribution in [-0.2, 0) is 4.74 Å². The molecule has 0 aliphatic carbocycles. The highest BCUT2D eigenvalue weighted by molar-refractivity contribution is 5.76. The van der Waals surface area contributed by atoms with Gasteiger partial charge in [0.15, 0.2) is 0 Å². The molecule has 0 radical (unpaired) electrons. The number of aromatic amines is 1. The number of H-pyrrole nitrogens is 1. The molecule has 0 amide bonds. The van der Waals surface area contributed by atoms with Gasteiger partial charge in [-0.15, -0.1) is 0 Å². The molecule has 108 valence electrons. The summed E-state index contributed by atoms with van der Waals surface area (Å²) in [5.74, 6) is 1.89. The SMILES string of the molecule is CCOc1ccc2nc(C(C)N3CCOCC3)[nH]c2c1. The van der Waals surface area contributed by atoms with Crippen molar-refractivity contribution in [3.63, 3.8) is 0 Å². The lowest BCUT2D eigenvalue weighted by atomic mass is 10.2. The van der Waals surface area contributed by atoms with E-state index in [0.29, 0.717) is 6.61 Å². The van der Waals surface area contributed by atoms with Crippen LogP contribution in [0, 0.1) is 0 Å². The third kappa shape index (κ3) is 2.64. The molecule has 0 spiro atoms. The zero-order chi connectivity index (χ0) is 13.9. The van der Waals surface area contributed by atoms with Crippen molar-refractivity contribution in [1.29, 1.82) is 0 Å². The topological polar surface area (TPSA) is 50.4 Å². The van der Waals surface area contributed by atoms with Gasteiger partial charge in [-0.25, -0.2) is 4.98 Å². The summed E-state index contributed by atoms with van der Waals surface area (Å²) in [7, 11) is 0. The Labute approximate surface area is 118 Å². The molecular formula is C15H21N3O2. The van der Waals surface area contributed by atoms with Crippen molar-refractivity contribution < 1.29 is 9.47 Å². The minimum Gasteiger partial charge on any atom is -0.494 e. The van der Waals surface area contributed by atoms with Gasteiger partial charge in [-0.05, 0) is 26.0 Å². The van der Waals surface area contributed by atoms with Crippen LogP contribution >= 0.6 is 0 Å². The Morgan fingerprint density at radius 3 is 2.95 bits per heavy atom. The molecule has 0 bridgehead atoms. The molecule has 1 aliphatic rings. The van der Waals surface area contributed by atoms with E-state index >= 15 is 0 Å². The van der Waals surface area contributed by atoms with Gasteiger partial charge in [-0.3, -0.25) is 4.90 Å². The fourth-order valence-electron chi connectivity index (χ4n) is 2.60. The van der Waals surface area contributed by atoms with Crippen LogP contribution in [0.3, 0.4) is 0 Å². The summed E-state index contributed by atoms with van der Waals surface area (Å²) in [6.07, 6.45) is 0. The molecule has 3 rings (SSSR count). The molecule has 5 nitrogen and oxygen atoms in total. The van der Waals surface area contributed by atoms with Gasteiger partial charge in [0.1, 0.15) is 11.6 Å². The summed E-state index contributed by atoms with van der Waals surface area (Å²) in [5, 5.41) is 0. The van der Waals surface area contributed by atoms with Crippen molar-refractivity contribution in [2.24, 2.45) is 0 Å². The van der Waals surface area contributed by atoms with Crippen LogP contribution in [0.5, 0.6) is 5.75 Å². The lowest BCUT2D eigenvalue weighted by Gasteiger charge is -2.31. The first-order valence-electron chi connectivity index (χ1n) is 7.22. The summed E-state index contributed by atoms with van der Waals surface area (Å²) in [6.45, 7) is 8.38. The molecule has 0 saturated carbocycles. The number of nitrogens with one attached hydrogen (secondary N) is 1. The maximum Gasteiger partial charge on any atom is 0.124 e. The summed E-state index contributed by atoms with van der Waals surface area (Å²) in [6, 6.07) is 6.27. The van der Waals surface area contributed by atoms with Gasteiger partial charge in [0.25, 0.3) is 0 Å². The smallest absolute Gasteiger partial charge is 0.124 e. The van der Waals surface area contributed by atoms with E-state index in [0.717, 1.165) is 48.9 Å². The van der Waals surface area contributed by atoms with Gasteiger partial charge in [0.2, 0.25) is 0 Å². The fourth-order valence-corrected chi connectivity index (χ4v) is 2.60. The molecule has 1 fully saturated rings. The van der Waals surface area contributed by atoms with Crippen molar-refractivity contribution in [3.05, 3.63) is 24.0 Å². The van der Waals surface area contributed by atoms with Crippen molar-refractivity contribution >= 4 is 11.0 Å². The number of ether oxygens (including phenoxy) is 2. The third-order valence-corrected chi connectivity index (χ3v) is 3.77. The van der Waals surface area contributed by atoms with Crippen LogP contribution in [0.2, 0.25) is 0 Å². The van der Waals surface area contributed by atoms with Crippen LogP contribution in [0.4, 0.5) is 0 Å². The Balaban J connectivity index is 1.84. The van der Waals surface area contributed by atoms with Crippen LogP contribution in [0.25, 0.3) is 11.0 Å². The zero-order valence-electron chi connectivity index (χ0n) is 12.1. The van der Waals surface area contributed by atoms with Crippen LogP contribution in [0.15, 0.2) is 18.2 Å². The van der Waals surface area contributed by atoms with E-state index in [9.17, 15) is 0 Å². The number of rotatable bonds is 4. The number of imidazole rings is 1. The lowest BCUT2D eigenvalue weighted by molar-refractivity contribution is 0.0184. The second-order valence-corrected chi connectivity index (χ2v) is 5.06. The first-order valence-corrected chi connectivity index (χ1v) is 7.22. The molecule has 20 heavy (non-hydrogen) atoms. The van der Waals surface area contributed by atoms with Gasteiger partial charge in [-0.1, -0.05) is 0 Å². The Bertz CT molecular complexity index is 576. The molecule has 1 N–H and O–H groups in total. The number of hydrogen-bond acceptors (Lipinski definition) is 4. The highest BCUT2D eigenvalue weighted by Crippen LogP contribution is 2.24. The Morgan fingerprint density at radius 1 is 1.40 bits per heavy atom. The number of fused-ring (bicyclic) bond motifs is 1. The first-order chi connectivity index (χ1) is 9.78. The van der Waals surface area contributed by atoms with Crippen LogP contribution in [0.1, 0.15) is 25.7 Å². The molecule has 1 aromatic carbocycles. The molecule has 2 aromatic rings. The normalized spacial score (nSPS) is 18.3. The average Bonchev–Trinajstić information content (AvgIpc) is 2.91. The van der Waals surface area contributed by atoms with Crippen molar-refractivity contribution in [2.45, 2.75) is 19.9 Å². The van der Waals surface area contributed by atoms with E-state index in [1.54, 1.807) is 0 Å². The Kier molecular flexibility index (Phi) is 3.89. The molecular weight excluding hydrogens is 254 g/mol. The molecule has 1 aliphatic heterocycles. The highest BCUT2D eigenvalue weighted by atomic mass is 16.5. The quantitative estimate of drug-likeness (QED) is 0.930. The minimum absolute atomic E-state index is 0.279. The number of morpholine rings is 1. The first kappa shape index (κ1) is 13.4. The second-order valence-electron chi connectivity index (χ2n) is 5.06. The monoisotopic (exact) mass is 275 g/mol. The molecule has 1 atom stereocenters. The van der Waals surface area contributed by atoms with Gasteiger partial charge in [-0.2, -0.15) is 0 Å². The van der Waals surface area contributed by atoms with E-state index < -0.39 is 0 Å². The van der Waals surface area contributed by atoms with Crippen molar-refractivity contribution in [3.8, 4) is 5.75 Å². The van der Waals surface area contributed by atoms with Crippen LogP contribution < -0.4 is 4.74 Å². The highest BCUT2D eigenvalue weighted by Gasteiger charge is 2.21. The number of hydrogen-bond donors (Lipinski definition) is 1. The third-order valence-electron chi connectivity index (χ3n) is 3.77. The van der Waals surface area contributed by atoms with Crippen LogP contribution in [-0.4, -0.2) is 47.8 Å². The van der Waals surface area contributed by atoms with E-state index in [4.69, 9.17) is 14.5 Å². The van der Waals surface area contributed by atoms with E-state index in [2.05, 4.69) is 16.8 Å². The number of aromatic nitrogens is 2. The maximum atomic E-state index is 5.53. The van der Waals surface area contributed by atoms with Gasteiger partial charge in [0, 0.05) is 19.2 Å². The van der Waals surface area contributed by atoms with Gasteiger partial charge in [0.05, 0.1) is 36.9 Å². The van der Waals surface area contributed by atoms with Gasteiger partial charge >= 0.3 is 0 Å².